The van der Waals surface area contributed by atoms with Gasteiger partial charge in [-0.05, 0) is 30.5 Å². The van der Waals surface area contributed by atoms with Crippen molar-refractivity contribution in [1.82, 2.24) is 4.90 Å². The number of amidine groups is 1. The van der Waals surface area contributed by atoms with E-state index in [-0.39, 0.29) is 12.3 Å². The molecule has 1 aliphatic rings. The van der Waals surface area contributed by atoms with Crippen molar-refractivity contribution < 1.29 is 9.59 Å². The van der Waals surface area contributed by atoms with Gasteiger partial charge in [0.2, 0.25) is 11.8 Å². The number of nitrogens with zero attached hydrogens (tertiary/aromatic N) is 2. The molecule has 1 fully saturated rings. The highest BCUT2D eigenvalue weighted by atomic mass is 32.2. The Kier molecular flexibility index (Phi) is 6.07. The molecule has 0 radical (unpaired) electrons. The molecule has 2 amide bonds. The third kappa shape index (κ3) is 4.73. The molecular formula is C20H21N3O2S. The normalized spacial score (nSPS) is 18.9. The van der Waals surface area contributed by atoms with Gasteiger partial charge < -0.3 is 5.73 Å². The molecule has 3 rings (SSSR count). The van der Waals surface area contributed by atoms with E-state index in [2.05, 4.69) is 17.1 Å². The van der Waals surface area contributed by atoms with E-state index in [1.165, 1.54) is 17.3 Å². The van der Waals surface area contributed by atoms with Gasteiger partial charge in [-0.3, -0.25) is 14.5 Å². The number of carbonyl (C=O) groups excluding carboxylic acids is 2. The molecule has 0 aromatic heterocycles. The lowest BCUT2D eigenvalue weighted by atomic mass is 10.1. The van der Waals surface area contributed by atoms with Crippen molar-refractivity contribution in [3.63, 3.8) is 0 Å². The maximum Gasteiger partial charge on any atom is 0.231 e. The fourth-order valence-electron chi connectivity index (χ4n) is 2.77. The molecule has 0 unspecified atom stereocenters. The van der Waals surface area contributed by atoms with E-state index in [9.17, 15) is 9.59 Å². The molecule has 1 heterocycles. The maximum atomic E-state index is 12.6. The average molecular weight is 367 g/mol. The average Bonchev–Trinajstić information content (AvgIpc) is 2.65. The Labute approximate surface area is 157 Å². The largest absolute Gasteiger partial charge is 0.369 e. The van der Waals surface area contributed by atoms with Crippen molar-refractivity contribution >= 4 is 34.4 Å². The number of carbonyl (C=O) groups is 2. The van der Waals surface area contributed by atoms with Crippen LogP contribution in [0.5, 0.6) is 0 Å². The summed E-state index contributed by atoms with van der Waals surface area (Å²) in [6.07, 6.45) is 1.83. The van der Waals surface area contributed by atoms with Crippen molar-refractivity contribution in [1.29, 1.82) is 0 Å². The smallest absolute Gasteiger partial charge is 0.231 e. The highest BCUT2D eigenvalue weighted by Gasteiger charge is 2.34. The Hall–Kier alpha value is -2.60. The number of para-hydroxylation sites is 1. The molecule has 0 saturated carbocycles. The Morgan fingerprint density at radius 1 is 1.12 bits per heavy atom. The summed E-state index contributed by atoms with van der Waals surface area (Å²) in [5.74, 6) is -0.580. The van der Waals surface area contributed by atoms with Gasteiger partial charge in [0.05, 0.1) is 10.9 Å². The molecular weight excluding hydrogens is 346 g/mol. The van der Waals surface area contributed by atoms with Gasteiger partial charge in [-0.15, -0.1) is 0 Å². The molecule has 2 N–H and O–H groups in total. The molecule has 1 aliphatic heterocycles. The number of rotatable bonds is 6. The third-order valence-corrected chi connectivity index (χ3v) is 5.33. The number of benzene rings is 2. The van der Waals surface area contributed by atoms with E-state index in [0.29, 0.717) is 11.7 Å². The van der Waals surface area contributed by atoms with Crippen molar-refractivity contribution in [2.75, 3.05) is 6.54 Å². The van der Waals surface area contributed by atoms with Crippen molar-refractivity contribution in [2.24, 2.45) is 10.7 Å². The van der Waals surface area contributed by atoms with Gasteiger partial charge in [-0.2, -0.15) is 0 Å². The van der Waals surface area contributed by atoms with E-state index < -0.39 is 11.2 Å². The van der Waals surface area contributed by atoms with Crippen LogP contribution in [-0.2, 0) is 16.0 Å². The first kappa shape index (κ1) is 18.2. The second-order valence-corrected chi connectivity index (χ2v) is 7.25. The predicted octanol–water partition coefficient (Wildman–Crippen LogP) is 3.13. The van der Waals surface area contributed by atoms with Crippen molar-refractivity contribution in [2.45, 2.75) is 24.5 Å². The molecule has 0 aliphatic carbocycles. The lowest BCUT2D eigenvalue weighted by Gasteiger charge is -2.31. The molecule has 2 aromatic carbocycles. The molecule has 0 bridgehead atoms. The quantitative estimate of drug-likeness (QED) is 0.852. The predicted molar refractivity (Wildman–Crippen MR) is 105 cm³/mol. The third-order valence-electron chi connectivity index (χ3n) is 4.13. The second kappa shape index (κ2) is 8.67. The zero-order chi connectivity index (χ0) is 18.4. The molecule has 1 atom stereocenters. The first-order valence-electron chi connectivity index (χ1n) is 8.57. The van der Waals surface area contributed by atoms with Crippen LogP contribution >= 0.6 is 11.8 Å². The number of hydrogen-bond donors (Lipinski definition) is 1. The van der Waals surface area contributed by atoms with Crippen molar-refractivity contribution in [3.8, 4) is 0 Å². The minimum Gasteiger partial charge on any atom is -0.369 e. The summed E-state index contributed by atoms with van der Waals surface area (Å²) in [5.41, 5.74) is 7.41. The number of aliphatic imine (C=N–C) groups is 1. The monoisotopic (exact) mass is 367 g/mol. The van der Waals surface area contributed by atoms with Crippen LogP contribution in [-0.4, -0.2) is 33.7 Å². The van der Waals surface area contributed by atoms with Crippen LogP contribution in [0.15, 0.2) is 65.7 Å². The van der Waals surface area contributed by atoms with E-state index >= 15 is 0 Å². The van der Waals surface area contributed by atoms with Crippen LogP contribution < -0.4 is 5.73 Å². The maximum absolute atomic E-state index is 12.6. The number of thioether (sulfide) groups is 1. The highest BCUT2D eigenvalue weighted by molar-refractivity contribution is 8.15. The lowest BCUT2D eigenvalue weighted by molar-refractivity contribution is -0.129. The lowest BCUT2D eigenvalue weighted by Crippen LogP contribution is -2.46. The number of nitrogens with two attached hydrogens (primary N) is 1. The van der Waals surface area contributed by atoms with Crippen LogP contribution in [0, 0.1) is 0 Å². The summed E-state index contributed by atoms with van der Waals surface area (Å²) in [5, 5.41) is -0.0142. The summed E-state index contributed by atoms with van der Waals surface area (Å²) >= 11 is 1.27. The molecule has 26 heavy (non-hydrogen) atoms. The molecule has 5 nitrogen and oxygen atoms in total. The van der Waals surface area contributed by atoms with Crippen LogP contribution in [0.2, 0.25) is 0 Å². The molecule has 1 saturated heterocycles. The summed E-state index contributed by atoms with van der Waals surface area (Å²) < 4.78 is 0. The van der Waals surface area contributed by atoms with Gasteiger partial charge in [0, 0.05) is 13.0 Å². The standard InChI is InChI=1S/C20H21N3O2S/c21-19(25)17-14-18(24)23(13-7-10-15-8-3-1-4-9-15)20(26-17)22-16-11-5-2-6-12-16/h1-6,8-9,11-12,17H,7,10,13-14H2,(H2,21,25)/t17-/m1/s1. The summed E-state index contributed by atoms with van der Waals surface area (Å²) in [7, 11) is 0. The van der Waals surface area contributed by atoms with Crippen LogP contribution in [0.25, 0.3) is 0 Å². The van der Waals surface area contributed by atoms with E-state index in [4.69, 9.17) is 5.73 Å². The van der Waals surface area contributed by atoms with Crippen LogP contribution in [0.4, 0.5) is 5.69 Å². The first-order chi connectivity index (χ1) is 12.6. The summed E-state index contributed by atoms with van der Waals surface area (Å²) in [6.45, 7) is 0.567. The zero-order valence-electron chi connectivity index (χ0n) is 14.4. The minimum absolute atomic E-state index is 0.102. The molecule has 6 heteroatoms. The van der Waals surface area contributed by atoms with Crippen LogP contribution in [0.3, 0.4) is 0 Å². The number of aryl methyl sites for hydroxylation is 1. The SMILES string of the molecule is NC(=O)[C@H]1CC(=O)N(CCCc2ccccc2)C(=Nc2ccccc2)S1. The number of amides is 2. The van der Waals surface area contributed by atoms with Gasteiger partial charge >= 0.3 is 0 Å². The Bertz CT molecular complexity index is 793. The highest BCUT2D eigenvalue weighted by Crippen LogP contribution is 2.29. The Balaban J connectivity index is 1.74. The first-order valence-corrected chi connectivity index (χ1v) is 9.45. The Morgan fingerprint density at radius 3 is 2.42 bits per heavy atom. The number of hydrogen-bond acceptors (Lipinski definition) is 4. The molecule has 0 spiro atoms. The van der Waals surface area contributed by atoms with Gasteiger partial charge in [0.1, 0.15) is 0 Å². The van der Waals surface area contributed by atoms with Gasteiger partial charge in [0.25, 0.3) is 0 Å². The topological polar surface area (TPSA) is 75.8 Å². The van der Waals surface area contributed by atoms with E-state index in [1.54, 1.807) is 4.90 Å². The summed E-state index contributed by atoms with van der Waals surface area (Å²) in [4.78, 5) is 30.4. The molecule has 2 aromatic rings. The van der Waals surface area contributed by atoms with Gasteiger partial charge in [0.15, 0.2) is 5.17 Å². The number of primary amides is 1. The molecule has 134 valence electrons. The fraction of sp³-hybridized carbons (Fsp3) is 0.250. The van der Waals surface area contributed by atoms with E-state index in [1.807, 2.05) is 48.5 Å². The van der Waals surface area contributed by atoms with Crippen molar-refractivity contribution in [3.05, 3.63) is 66.2 Å². The van der Waals surface area contributed by atoms with Gasteiger partial charge in [-0.1, -0.05) is 60.3 Å². The van der Waals surface area contributed by atoms with Crippen LogP contribution in [0.1, 0.15) is 18.4 Å². The fourth-order valence-corrected chi connectivity index (χ4v) is 3.85. The Morgan fingerprint density at radius 2 is 1.77 bits per heavy atom. The summed E-state index contributed by atoms with van der Waals surface area (Å²) in [6, 6.07) is 19.6. The zero-order valence-corrected chi connectivity index (χ0v) is 15.2. The minimum atomic E-state index is -0.560. The van der Waals surface area contributed by atoms with E-state index in [0.717, 1.165) is 18.5 Å². The van der Waals surface area contributed by atoms with Gasteiger partial charge in [-0.25, -0.2) is 4.99 Å². The second-order valence-electron chi connectivity index (χ2n) is 6.08.